The molecular formula is C10H14O2. The molecule has 0 heterocycles. The van der Waals surface area contributed by atoms with Crippen molar-refractivity contribution in [2.75, 3.05) is 0 Å². The second kappa shape index (κ2) is 4.12. The summed E-state index contributed by atoms with van der Waals surface area (Å²) < 4.78 is 0. The van der Waals surface area contributed by atoms with E-state index >= 15 is 0 Å². The fourth-order valence-corrected chi connectivity index (χ4v) is 1.14. The second-order valence-electron chi connectivity index (χ2n) is 2.90. The summed E-state index contributed by atoms with van der Waals surface area (Å²) in [5.41, 5.74) is 0.870. The molecule has 0 saturated heterocycles. The van der Waals surface area contributed by atoms with Crippen LogP contribution in [0.25, 0.3) is 0 Å². The molecule has 0 bridgehead atoms. The lowest BCUT2D eigenvalue weighted by Gasteiger charge is -2.08. The number of aromatic hydroxyl groups is 1. The van der Waals surface area contributed by atoms with Crippen LogP contribution in [0.4, 0.5) is 0 Å². The van der Waals surface area contributed by atoms with Crippen LogP contribution in [0.15, 0.2) is 24.3 Å². The molecule has 1 aromatic rings. The van der Waals surface area contributed by atoms with Gasteiger partial charge in [-0.1, -0.05) is 25.5 Å². The molecule has 2 heteroatoms. The van der Waals surface area contributed by atoms with Gasteiger partial charge in [-0.05, 0) is 24.1 Å². The third-order valence-corrected chi connectivity index (χ3v) is 1.84. The van der Waals surface area contributed by atoms with Gasteiger partial charge in [0.2, 0.25) is 0 Å². The molecular weight excluding hydrogens is 152 g/mol. The number of phenolic OH excluding ortho intramolecular Hbond substituents is 1. The first-order valence-corrected chi connectivity index (χ1v) is 4.21. The van der Waals surface area contributed by atoms with Gasteiger partial charge in [0.1, 0.15) is 5.75 Å². The lowest BCUT2D eigenvalue weighted by atomic mass is 10.1. The van der Waals surface area contributed by atoms with E-state index < -0.39 is 6.10 Å². The van der Waals surface area contributed by atoms with E-state index in [9.17, 15) is 5.11 Å². The maximum atomic E-state index is 9.53. The summed E-state index contributed by atoms with van der Waals surface area (Å²) in [5.74, 6) is 0.238. The lowest BCUT2D eigenvalue weighted by molar-refractivity contribution is 0.166. The van der Waals surface area contributed by atoms with Crippen molar-refractivity contribution in [1.82, 2.24) is 0 Å². The maximum absolute atomic E-state index is 9.53. The zero-order chi connectivity index (χ0) is 8.97. The molecule has 0 radical (unpaired) electrons. The van der Waals surface area contributed by atoms with E-state index in [2.05, 4.69) is 0 Å². The Bertz CT molecular complexity index is 228. The van der Waals surface area contributed by atoms with Crippen LogP contribution in [0, 0.1) is 0 Å². The monoisotopic (exact) mass is 166 g/mol. The number of phenols is 1. The van der Waals surface area contributed by atoms with Crippen molar-refractivity contribution in [2.24, 2.45) is 0 Å². The first-order valence-electron chi connectivity index (χ1n) is 4.21. The smallest absolute Gasteiger partial charge is 0.115 e. The molecule has 0 aliphatic rings. The average molecular weight is 166 g/mol. The summed E-state index contributed by atoms with van der Waals surface area (Å²) >= 11 is 0. The van der Waals surface area contributed by atoms with E-state index in [-0.39, 0.29) is 5.75 Å². The SMILES string of the molecule is CCCC(O)c1ccc(O)cc1. The Morgan fingerprint density at radius 2 is 1.83 bits per heavy atom. The van der Waals surface area contributed by atoms with Gasteiger partial charge >= 0.3 is 0 Å². The molecule has 0 fully saturated rings. The van der Waals surface area contributed by atoms with Crippen LogP contribution in [0.5, 0.6) is 5.75 Å². The average Bonchev–Trinajstić information content (AvgIpc) is 2.06. The van der Waals surface area contributed by atoms with Crippen molar-refractivity contribution in [3.8, 4) is 5.75 Å². The predicted octanol–water partition coefficient (Wildman–Crippen LogP) is 2.23. The third-order valence-electron chi connectivity index (χ3n) is 1.84. The first kappa shape index (κ1) is 9.07. The number of hydrogen-bond acceptors (Lipinski definition) is 2. The Labute approximate surface area is 72.5 Å². The Balaban J connectivity index is 2.68. The summed E-state index contributed by atoms with van der Waals surface area (Å²) in [6.07, 6.45) is 1.34. The molecule has 1 rings (SSSR count). The molecule has 0 aliphatic carbocycles. The Kier molecular flexibility index (Phi) is 3.11. The molecule has 1 aromatic carbocycles. The van der Waals surface area contributed by atoms with Crippen molar-refractivity contribution in [1.29, 1.82) is 0 Å². The van der Waals surface area contributed by atoms with Crippen molar-refractivity contribution in [2.45, 2.75) is 25.9 Å². The van der Waals surface area contributed by atoms with Gasteiger partial charge in [-0.2, -0.15) is 0 Å². The standard InChI is InChI=1S/C10H14O2/c1-2-3-10(12)8-4-6-9(11)7-5-8/h4-7,10-12H,2-3H2,1H3. The normalized spacial score (nSPS) is 12.8. The second-order valence-corrected chi connectivity index (χ2v) is 2.90. The van der Waals surface area contributed by atoms with Gasteiger partial charge in [0.25, 0.3) is 0 Å². The van der Waals surface area contributed by atoms with Crippen molar-refractivity contribution in [3.63, 3.8) is 0 Å². The van der Waals surface area contributed by atoms with Gasteiger partial charge in [-0.25, -0.2) is 0 Å². The number of hydrogen-bond donors (Lipinski definition) is 2. The first-order chi connectivity index (χ1) is 5.74. The Hall–Kier alpha value is -1.02. The molecule has 66 valence electrons. The highest BCUT2D eigenvalue weighted by Crippen LogP contribution is 2.20. The summed E-state index contributed by atoms with van der Waals surface area (Å²) in [5, 5.41) is 18.5. The zero-order valence-electron chi connectivity index (χ0n) is 7.20. The van der Waals surface area contributed by atoms with Gasteiger partial charge in [-0.15, -0.1) is 0 Å². The lowest BCUT2D eigenvalue weighted by Crippen LogP contribution is -1.95. The number of aliphatic hydroxyl groups excluding tert-OH is 1. The van der Waals surface area contributed by atoms with E-state index in [1.165, 1.54) is 0 Å². The molecule has 1 atom stereocenters. The minimum atomic E-state index is -0.393. The highest BCUT2D eigenvalue weighted by molar-refractivity contribution is 5.27. The van der Waals surface area contributed by atoms with E-state index in [1.54, 1.807) is 24.3 Å². The fraction of sp³-hybridized carbons (Fsp3) is 0.400. The van der Waals surface area contributed by atoms with E-state index in [4.69, 9.17) is 5.11 Å². The predicted molar refractivity (Wildman–Crippen MR) is 48.0 cm³/mol. The fourth-order valence-electron chi connectivity index (χ4n) is 1.14. The summed E-state index contributed by atoms with van der Waals surface area (Å²) in [7, 11) is 0. The van der Waals surface area contributed by atoms with E-state index in [1.807, 2.05) is 6.92 Å². The molecule has 0 aromatic heterocycles. The molecule has 1 unspecified atom stereocenters. The molecule has 2 N–H and O–H groups in total. The number of rotatable bonds is 3. The molecule has 0 saturated carbocycles. The van der Waals surface area contributed by atoms with Gasteiger partial charge in [0, 0.05) is 0 Å². The van der Waals surface area contributed by atoms with Gasteiger partial charge in [-0.3, -0.25) is 0 Å². The largest absolute Gasteiger partial charge is 0.508 e. The highest BCUT2D eigenvalue weighted by atomic mass is 16.3. The van der Waals surface area contributed by atoms with E-state index in [0.717, 1.165) is 18.4 Å². The molecule has 0 amide bonds. The Morgan fingerprint density at radius 3 is 2.33 bits per heavy atom. The molecule has 0 spiro atoms. The molecule has 0 aliphatic heterocycles. The van der Waals surface area contributed by atoms with Crippen LogP contribution in [-0.4, -0.2) is 10.2 Å². The summed E-state index contributed by atoms with van der Waals surface area (Å²) in [4.78, 5) is 0. The van der Waals surface area contributed by atoms with Crippen molar-refractivity contribution < 1.29 is 10.2 Å². The van der Waals surface area contributed by atoms with Crippen LogP contribution in [0.1, 0.15) is 31.4 Å². The quantitative estimate of drug-likeness (QED) is 0.722. The van der Waals surface area contributed by atoms with Crippen molar-refractivity contribution >= 4 is 0 Å². The van der Waals surface area contributed by atoms with Crippen LogP contribution in [0.2, 0.25) is 0 Å². The van der Waals surface area contributed by atoms with Gasteiger partial charge in [0.15, 0.2) is 0 Å². The minimum absolute atomic E-state index is 0.238. The summed E-state index contributed by atoms with van der Waals surface area (Å²) in [6.45, 7) is 2.03. The maximum Gasteiger partial charge on any atom is 0.115 e. The van der Waals surface area contributed by atoms with Gasteiger partial charge in [0.05, 0.1) is 6.10 Å². The number of aliphatic hydroxyl groups is 1. The highest BCUT2D eigenvalue weighted by Gasteiger charge is 2.04. The minimum Gasteiger partial charge on any atom is -0.508 e. The van der Waals surface area contributed by atoms with Crippen LogP contribution < -0.4 is 0 Å². The van der Waals surface area contributed by atoms with Crippen LogP contribution >= 0.6 is 0 Å². The molecule has 2 nitrogen and oxygen atoms in total. The Morgan fingerprint density at radius 1 is 1.25 bits per heavy atom. The molecule has 12 heavy (non-hydrogen) atoms. The van der Waals surface area contributed by atoms with Gasteiger partial charge < -0.3 is 10.2 Å². The van der Waals surface area contributed by atoms with Crippen LogP contribution in [-0.2, 0) is 0 Å². The zero-order valence-corrected chi connectivity index (χ0v) is 7.20. The topological polar surface area (TPSA) is 40.5 Å². The van der Waals surface area contributed by atoms with Crippen molar-refractivity contribution in [3.05, 3.63) is 29.8 Å². The number of benzene rings is 1. The van der Waals surface area contributed by atoms with E-state index in [0.29, 0.717) is 0 Å². The van der Waals surface area contributed by atoms with Crippen LogP contribution in [0.3, 0.4) is 0 Å². The summed E-state index contributed by atoms with van der Waals surface area (Å²) in [6, 6.07) is 6.67. The third kappa shape index (κ3) is 2.24.